The number of rotatable bonds is 0. The van der Waals surface area contributed by atoms with Gasteiger partial charge in [0.15, 0.2) is 5.43 Å². The molecule has 0 atom stereocenters. The van der Waals surface area contributed by atoms with Gasteiger partial charge in [0.1, 0.15) is 0 Å². The molecule has 0 bridgehead atoms. The molecule has 0 spiro atoms. The van der Waals surface area contributed by atoms with Gasteiger partial charge in [0.25, 0.3) is 0 Å². The highest BCUT2D eigenvalue weighted by atomic mass is 32.1. The molecule has 1 aliphatic heterocycles. The smallest absolute Gasteiger partial charge is 0.188 e. The molecule has 0 aromatic heterocycles. The zero-order valence-electron chi connectivity index (χ0n) is 10.9. The molecule has 0 saturated carbocycles. The highest BCUT2D eigenvalue weighted by Gasteiger charge is 2.15. The molecule has 0 N–H and O–H groups in total. The van der Waals surface area contributed by atoms with Crippen molar-refractivity contribution in [1.29, 1.82) is 0 Å². The molecule has 3 heteroatoms. The first-order valence-corrected chi connectivity index (χ1v) is 7.27. The predicted molar refractivity (Wildman–Crippen MR) is 84.8 cm³/mol. The molecule has 2 aliphatic rings. The van der Waals surface area contributed by atoms with Crippen LogP contribution < -0.4 is 5.43 Å². The normalized spacial score (nSPS) is 11.4. The number of hydrogen-bond acceptors (Lipinski definition) is 3. The van der Waals surface area contributed by atoms with Crippen molar-refractivity contribution < 1.29 is 0 Å². The molecule has 0 unspecified atom stereocenters. The molecule has 20 heavy (non-hydrogen) atoms. The van der Waals surface area contributed by atoms with Crippen molar-refractivity contribution in [3.05, 3.63) is 64.3 Å². The van der Waals surface area contributed by atoms with Crippen molar-refractivity contribution >= 4 is 32.3 Å². The van der Waals surface area contributed by atoms with Crippen LogP contribution in [0.5, 0.6) is 0 Å². The van der Waals surface area contributed by atoms with Crippen molar-refractivity contribution in [3.8, 4) is 10.6 Å². The summed E-state index contributed by atoms with van der Waals surface area (Å²) in [5.41, 5.74) is 3.08. The summed E-state index contributed by atoms with van der Waals surface area (Å²) >= 11 is 1.63. The van der Waals surface area contributed by atoms with E-state index in [9.17, 15) is 4.79 Å². The van der Waals surface area contributed by atoms with E-state index in [1.807, 2.05) is 49.4 Å². The number of aryl methyl sites for hydroxylation is 1. The van der Waals surface area contributed by atoms with Gasteiger partial charge in [0, 0.05) is 16.8 Å². The number of benzene rings is 3. The van der Waals surface area contributed by atoms with Gasteiger partial charge in [0.2, 0.25) is 0 Å². The lowest BCUT2D eigenvalue weighted by Gasteiger charge is -2.11. The van der Waals surface area contributed by atoms with Gasteiger partial charge >= 0.3 is 0 Å². The molecule has 0 saturated heterocycles. The van der Waals surface area contributed by atoms with Crippen LogP contribution in [0, 0.1) is 6.92 Å². The largest absolute Gasteiger partial charge is 0.289 e. The molecule has 4 rings (SSSR count). The summed E-state index contributed by atoms with van der Waals surface area (Å²) in [6.45, 7) is 2.03. The highest BCUT2D eigenvalue weighted by Crippen LogP contribution is 2.35. The Kier molecular flexibility index (Phi) is 2.38. The maximum atomic E-state index is 12.3. The van der Waals surface area contributed by atoms with Gasteiger partial charge in [-0.2, -0.15) is 0 Å². The third-order valence-corrected chi connectivity index (χ3v) is 4.68. The minimum atomic E-state index is 0.0736. The summed E-state index contributed by atoms with van der Waals surface area (Å²) in [5.74, 6) is 0. The topological polar surface area (TPSA) is 30.0 Å². The fourth-order valence-electron chi connectivity index (χ4n) is 2.64. The molecule has 2 aromatic carbocycles. The number of hydrogen-bond donors (Lipinski definition) is 0. The van der Waals surface area contributed by atoms with Crippen LogP contribution in [-0.4, -0.2) is 4.98 Å². The Labute approximate surface area is 119 Å². The minimum absolute atomic E-state index is 0.0736. The second kappa shape index (κ2) is 4.12. The third kappa shape index (κ3) is 1.57. The van der Waals surface area contributed by atoms with E-state index >= 15 is 0 Å². The average Bonchev–Trinajstić information content (AvgIpc) is 2.46. The maximum Gasteiger partial charge on any atom is 0.188 e. The summed E-state index contributed by atoms with van der Waals surface area (Å²) in [6.07, 6.45) is 0. The predicted octanol–water partition coefficient (Wildman–Crippen LogP) is 4.22. The van der Waals surface area contributed by atoms with Crippen molar-refractivity contribution in [3.63, 3.8) is 0 Å². The Bertz CT molecular complexity index is 987. The van der Waals surface area contributed by atoms with Gasteiger partial charge in [-0.3, -0.25) is 4.79 Å². The Morgan fingerprint density at radius 2 is 1.90 bits per heavy atom. The van der Waals surface area contributed by atoms with Crippen molar-refractivity contribution in [2.24, 2.45) is 0 Å². The van der Waals surface area contributed by atoms with Gasteiger partial charge in [0.05, 0.1) is 20.8 Å². The van der Waals surface area contributed by atoms with E-state index in [1.54, 1.807) is 17.4 Å². The zero-order valence-corrected chi connectivity index (χ0v) is 11.7. The molecule has 2 nitrogen and oxygen atoms in total. The van der Waals surface area contributed by atoms with Crippen LogP contribution in [-0.2, 0) is 0 Å². The van der Waals surface area contributed by atoms with E-state index in [2.05, 4.69) is 0 Å². The Morgan fingerprint density at radius 1 is 1.05 bits per heavy atom. The Balaban J connectivity index is 2.32. The number of fused-ring (bicyclic) bond motifs is 4. The lowest BCUT2D eigenvalue weighted by molar-refractivity contribution is 1.42. The first kappa shape index (κ1) is 11.6. The fraction of sp³-hybridized carbons (Fsp3) is 0.0588. The Morgan fingerprint density at radius 3 is 2.80 bits per heavy atom. The van der Waals surface area contributed by atoms with E-state index in [4.69, 9.17) is 4.98 Å². The minimum Gasteiger partial charge on any atom is -0.289 e. The molecule has 2 aromatic rings. The van der Waals surface area contributed by atoms with Crippen LogP contribution in [0.1, 0.15) is 5.56 Å². The fourth-order valence-corrected chi connectivity index (χ4v) is 3.65. The summed E-state index contributed by atoms with van der Waals surface area (Å²) in [4.78, 5) is 18.0. The molecular formula is C17H11NOS. The SMILES string of the molecule is Cc1cccc2c(=O)cc3sc4ccccc4nc-3c12. The van der Waals surface area contributed by atoms with Gasteiger partial charge < -0.3 is 0 Å². The molecule has 1 heterocycles. The maximum absolute atomic E-state index is 12.3. The van der Waals surface area contributed by atoms with E-state index in [1.165, 1.54) is 0 Å². The van der Waals surface area contributed by atoms with Gasteiger partial charge in [-0.25, -0.2) is 4.98 Å². The van der Waals surface area contributed by atoms with E-state index in [-0.39, 0.29) is 5.43 Å². The zero-order chi connectivity index (χ0) is 13.7. The lowest BCUT2D eigenvalue weighted by Crippen LogP contribution is -2.04. The van der Waals surface area contributed by atoms with Crippen LogP contribution in [0.2, 0.25) is 0 Å². The number of aromatic nitrogens is 1. The first-order chi connectivity index (χ1) is 9.74. The van der Waals surface area contributed by atoms with E-state index in [0.717, 1.165) is 37.1 Å². The highest BCUT2D eigenvalue weighted by molar-refractivity contribution is 7.21. The summed E-state index contributed by atoms with van der Waals surface area (Å²) in [5, 5.41) is 1.74. The third-order valence-electron chi connectivity index (χ3n) is 3.59. The van der Waals surface area contributed by atoms with Gasteiger partial charge in [-0.15, -0.1) is 11.3 Å². The first-order valence-electron chi connectivity index (χ1n) is 6.46. The van der Waals surface area contributed by atoms with Gasteiger partial charge in [-0.05, 0) is 24.6 Å². The summed E-state index contributed by atoms with van der Waals surface area (Å²) in [7, 11) is 0. The monoisotopic (exact) mass is 277 g/mol. The van der Waals surface area contributed by atoms with Crippen LogP contribution in [0.3, 0.4) is 0 Å². The summed E-state index contributed by atoms with van der Waals surface area (Å²) in [6, 6.07) is 15.6. The Hall–Kier alpha value is -2.26. The van der Waals surface area contributed by atoms with Crippen LogP contribution in [0.4, 0.5) is 0 Å². The molecular weight excluding hydrogens is 266 g/mol. The molecule has 0 amide bonds. The second-order valence-electron chi connectivity index (χ2n) is 4.90. The summed E-state index contributed by atoms with van der Waals surface area (Å²) < 4.78 is 1.10. The van der Waals surface area contributed by atoms with E-state index in [0.29, 0.717) is 0 Å². The average molecular weight is 277 g/mol. The van der Waals surface area contributed by atoms with Crippen molar-refractivity contribution in [2.45, 2.75) is 6.92 Å². The quantitative estimate of drug-likeness (QED) is 0.356. The molecule has 0 radical (unpaired) electrons. The van der Waals surface area contributed by atoms with Crippen LogP contribution in [0.25, 0.3) is 31.6 Å². The molecule has 96 valence electrons. The lowest BCUT2D eigenvalue weighted by atomic mass is 10.0. The number of para-hydroxylation sites is 1. The van der Waals surface area contributed by atoms with Gasteiger partial charge in [-0.1, -0.05) is 30.3 Å². The van der Waals surface area contributed by atoms with Crippen molar-refractivity contribution in [2.75, 3.05) is 0 Å². The van der Waals surface area contributed by atoms with Crippen LogP contribution >= 0.6 is 11.3 Å². The van der Waals surface area contributed by atoms with Crippen LogP contribution in [0.15, 0.2) is 53.3 Å². The van der Waals surface area contributed by atoms with E-state index < -0.39 is 0 Å². The van der Waals surface area contributed by atoms with Crippen molar-refractivity contribution in [1.82, 2.24) is 4.98 Å². The standard InChI is InChI=1S/C17H11NOS/c1-10-5-4-6-11-13(19)9-15-17(16(10)11)18-12-7-2-3-8-14(12)20-15/h2-9H,1H3. The number of nitrogens with zero attached hydrogens (tertiary/aromatic N) is 1. The molecule has 1 aliphatic carbocycles. The molecule has 0 fully saturated rings. The second-order valence-corrected chi connectivity index (χ2v) is 5.98.